The van der Waals surface area contributed by atoms with Gasteiger partial charge in [0.15, 0.2) is 6.10 Å². The highest BCUT2D eigenvalue weighted by Gasteiger charge is 2.41. The molecule has 3 aromatic rings. The third-order valence-corrected chi connectivity index (χ3v) is 7.16. The lowest BCUT2D eigenvalue weighted by Crippen LogP contribution is -2.54. The molecule has 7 heteroatoms. The summed E-state index contributed by atoms with van der Waals surface area (Å²) in [4.78, 5) is 33.7. The molecule has 1 saturated heterocycles. The molecule has 1 fully saturated rings. The summed E-state index contributed by atoms with van der Waals surface area (Å²) < 4.78 is 12.1. The number of pyridine rings is 1. The summed E-state index contributed by atoms with van der Waals surface area (Å²) in [6, 6.07) is 17.4. The molecule has 0 aliphatic carbocycles. The average Bonchev–Trinajstić information content (AvgIpc) is 2.88. The van der Waals surface area contributed by atoms with E-state index in [1.165, 1.54) is 0 Å². The van der Waals surface area contributed by atoms with Gasteiger partial charge in [0, 0.05) is 47.7 Å². The van der Waals surface area contributed by atoms with Crippen molar-refractivity contribution < 1.29 is 19.1 Å². The Morgan fingerprint density at radius 1 is 0.976 bits per heavy atom. The van der Waals surface area contributed by atoms with Crippen molar-refractivity contribution in [3.8, 4) is 11.1 Å². The minimum Gasteiger partial charge on any atom is -0.461 e. The lowest BCUT2D eigenvalue weighted by molar-refractivity contribution is -0.171. The maximum atomic E-state index is 13.6. The zero-order chi connectivity index (χ0) is 30.8. The van der Waals surface area contributed by atoms with Gasteiger partial charge in [0.05, 0.1) is 17.4 Å². The maximum absolute atomic E-state index is 13.6. The molecule has 7 nitrogen and oxygen atoms in total. The van der Waals surface area contributed by atoms with E-state index < -0.39 is 17.7 Å². The number of nitrogens with one attached hydrogen (secondary N) is 1. The van der Waals surface area contributed by atoms with Crippen LogP contribution in [-0.4, -0.2) is 41.7 Å². The first-order valence-corrected chi connectivity index (χ1v) is 14.7. The number of rotatable bonds is 9. The van der Waals surface area contributed by atoms with E-state index in [4.69, 9.17) is 14.5 Å². The van der Waals surface area contributed by atoms with Gasteiger partial charge in [-0.25, -0.2) is 4.79 Å². The Labute approximate surface area is 250 Å². The van der Waals surface area contributed by atoms with Gasteiger partial charge in [-0.1, -0.05) is 56.3 Å². The molecule has 0 bridgehead atoms. The van der Waals surface area contributed by atoms with Crippen LogP contribution in [-0.2, 0) is 20.8 Å². The predicted octanol–water partition coefficient (Wildman–Crippen LogP) is 6.95. The van der Waals surface area contributed by atoms with Crippen molar-refractivity contribution in [2.24, 2.45) is 5.41 Å². The molecule has 1 N–H and O–H groups in total. The third-order valence-electron chi connectivity index (χ3n) is 7.16. The molecule has 1 aromatic heterocycles. The molecule has 0 spiro atoms. The molecule has 2 heterocycles. The molecule has 1 atom stereocenters. The number of hydrogen-bond acceptors (Lipinski definition) is 6. The van der Waals surface area contributed by atoms with E-state index in [2.05, 4.69) is 24.1 Å². The van der Waals surface area contributed by atoms with Crippen molar-refractivity contribution in [3.63, 3.8) is 0 Å². The minimum atomic E-state index is -0.944. The summed E-state index contributed by atoms with van der Waals surface area (Å²) in [7, 11) is 0. The van der Waals surface area contributed by atoms with Gasteiger partial charge < -0.3 is 19.7 Å². The van der Waals surface area contributed by atoms with Crippen molar-refractivity contribution in [1.29, 1.82) is 0 Å². The molecule has 1 aliphatic rings. The smallest absolute Gasteiger partial charge is 0.340 e. The number of aryl methyl sites for hydroxylation is 2. The quantitative estimate of drug-likeness (QED) is 0.280. The topological polar surface area (TPSA) is 80.8 Å². The molecule has 0 radical (unpaired) electrons. The number of carbonyl (C=O) groups is 2. The Morgan fingerprint density at radius 2 is 1.60 bits per heavy atom. The van der Waals surface area contributed by atoms with Crippen LogP contribution in [0.2, 0.25) is 0 Å². The molecule has 224 valence electrons. The lowest BCUT2D eigenvalue weighted by atomic mass is 9.81. The Kier molecular flexibility index (Phi) is 9.12. The van der Waals surface area contributed by atoms with E-state index in [9.17, 15) is 9.59 Å². The average molecular weight is 572 g/mol. The van der Waals surface area contributed by atoms with E-state index in [1.807, 2.05) is 103 Å². The Morgan fingerprint density at radius 3 is 2.14 bits per heavy atom. The monoisotopic (exact) mass is 571 g/mol. The highest BCUT2D eigenvalue weighted by molar-refractivity contribution is 5.95. The number of anilines is 1. The van der Waals surface area contributed by atoms with E-state index in [0.717, 1.165) is 52.4 Å². The fourth-order valence-corrected chi connectivity index (χ4v) is 5.52. The fourth-order valence-electron chi connectivity index (χ4n) is 5.52. The van der Waals surface area contributed by atoms with Crippen LogP contribution in [0.4, 0.5) is 5.69 Å². The van der Waals surface area contributed by atoms with Crippen LogP contribution >= 0.6 is 0 Å². The maximum Gasteiger partial charge on any atom is 0.340 e. The number of nitrogens with zero attached hydrogens (tertiary/aromatic N) is 2. The first-order valence-electron chi connectivity index (χ1n) is 14.7. The summed E-state index contributed by atoms with van der Waals surface area (Å²) in [6.07, 6.45) is -1.23. The lowest BCUT2D eigenvalue weighted by Gasteiger charge is -2.49. The van der Waals surface area contributed by atoms with E-state index in [1.54, 1.807) is 0 Å². The largest absolute Gasteiger partial charge is 0.461 e. The number of aromatic nitrogens is 1. The Balaban J connectivity index is 1.78. The van der Waals surface area contributed by atoms with Crippen molar-refractivity contribution in [1.82, 2.24) is 10.3 Å². The van der Waals surface area contributed by atoms with E-state index in [-0.39, 0.29) is 17.4 Å². The molecule has 1 unspecified atom stereocenters. The van der Waals surface area contributed by atoms with Crippen molar-refractivity contribution >= 4 is 17.6 Å². The minimum absolute atomic E-state index is 0.135. The molecule has 1 amide bonds. The van der Waals surface area contributed by atoms with Crippen molar-refractivity contribution in [3.05, 3.63) is 82.7 Å². The van der Waals surface area contributed by atoms with Crippen LogP contribution in [0.1, 0.15) is 87.4 Å². The second-order valence-electron chi connectivity index (χ2n) is 13.3. The number of benzene rings is 2. The number of amides is 1. The highest BCUT2D eigenvalue weighted by atomic mass is 16.6. The van der Waals surface area contributed by atoms with Gasteiger partial charge in [0.1, 0.15) is 0 Å². The van der Waals surface area contributed by atoms with E-state index in [0.29, 0.717) is 12.1 Å². The van der Waals surface area contributed by atoms with Gasteiger partial charge in [-0.15, -0.1) is 0 Å². The summed E-state index contributed by atoms with van der Waals surface area (Å²) in [6.45, 7) is 20.0. The van der Waals surface area contributed by atoms with Crippen molar-refractivity contribution in [2.45, 2.75) is 86.7 Å². The number of ether oxygens (including phenoxy) is 2. The zero-order valence-electron chi connectivity index (χ0n) is 26.5. The first-order chi connectivity index (χ1) is 19.6. The van der Waals surface area contributed by atoms with E-state index >= 15 is 0 Å². The van der Waals surface area contributed by atoms with Gasteiger partial charge in [-0.3, -0.25) is 9.78 Å². The molecule has 1 aliphatic heterocycles. The molecular formula is C35H45N3O4. The van der Waals surface area contributed by atoms with Crippen LogP contribution in [0.5, 0.6) is 0 Å². The Bertz CT molecular complexity index is 1420. The van der Waals surface area contributed by atoms with Crippen LogP contribution < -0.4 is 10.2 Å². The van der Waals surface area contributed by atoms with Crippen molar-refractivity contribution in [2.75, 3.05) is 18.0 Å². The highest BCUT2D eigenvalue weighted by Crippen LogP contribution is 2.46. The Hall–Kier alpha value is -3.71. The third kappa shape index (κ3) is 7.37. The van der Waals surface area contributed by atoms with Crippen LogP contribution in [0.25, 0.3) is 11.1 Å². The van der Waals surface area contributed by atoms with Gasteiger partial charge in [-0.05, 0) is 77.1 Å². The van der Waals surface area contributed by atoms with Gasteiger partial charge in [0.25, 0.3) is 5.91 Å². The second kappa shape index (κ2) is 12.3. The van der Waals surface area contributed by atoms with Gasteiger partial charge in [-0.2, -0.15) is 0 Å². The second-order valence-corrected chi connectivity index (χ2v) is 13.3. The predicted molar refractivity (Wildman–Crippen MR) is 168 cm³/mol. The van der Waals surface area contributed by atoms with Gasteiger partial charge in [0.2, 0.25) is 0 Å². The standard InChI is InChI=1S/C35H45N3O4/c1-22(2)41-33(40)31(42-34(5,6)7)29-24(4)37-23(3)28(30(29)38-20-35(8,9)21-38)26-15-17-27(18-16-26)32(39)36-19-25-13-11-10-12-14-25/h10-18,22,31H,19-21H2,1-9H3,(H,36,39). The number of hydrogen-bond donors (Lipinski definition) is 1. The zero-order valence-corrected chi connectivity index (χ0v) is 26.5. The van der Waals surface area contributed by atoms with Crippen LogP contribution in [0.15, 0.2) is 54.6 Å². The number of esters is 1. The first kappa shape index (κ1) is 31.2. The molecule has 0 saturated carbocycles. The molecule has 4 rings (SSSR count). The fraction of sp³-hybridized carbons (Fsp3) is 0.457. The summed E-state index contributed by atoms with van der Waals surface area (Å²) in [5, 5.41) is 3.00. The summed E-state index contributed by atoms with van der Waals surface area (Å²) in [5.41, 5.74) is 6.28. The summed E-state index contributed by atoms with van der Waals surface area (Å²) in [5.74, 6) is -0.560. The van der Waals surface area contributed by atoms with Crippen LogP contribution in [0.3, 0.4) is 0 Å². The molecule has 2 aromatic carbocycles. The van der Waals surface area contributed by atoms with Crippen LogP contribution in [0, 0.1) is 19.3 Å². The molecule has 42 heavy (non-hydrogen) atoms. The molecular weight excluding hydrogens is 526 g/mol. The van der Waals surface area contributed by atoms with Gasteiger partial charge >= 0.3 is 5.97 Å². The normalized spacial score (nSPS) is 15.2. The SMILES string of the molecule is Cc1nc(C)c(C(OC(C)(C)C)C(=O)OC(C)C)c(N2CC(C)(C)C2)c1-c1ccc(C(=O)NCc2ccccc2)cc1. The number of carbonyl (C=O) groups excluding carboxylic acids is 2. The summed E-state index contributed by atoms with van der Waals surface area (Å²) >= 11 is 0.